The highest BCUT2D eigenvalue weighted by atomic mass is 32.1. The summed E-state index contributed by atoms with van der Waals surface area (Å²) >= 11 is 1.62. The van der Waals surface area contributed by atoms with Crippen molar-refractivity contribution in [1.82, 2.24) is 29.6 Å². The molecule has 1 aliphatic rings. The number of hydrogen-bond donors (Lipinski definition) is 0. The molecule has 0 bridgehead atoms. The zero-order valence-electron chi connectivity index (χ0n) is 14.0. The van der Waals surface area contributed by atoms with E-state index in [0.29, 0.717) is 18.9 Å². The molecule has 0 spiro atoms. The smallest absolute Gasteiger partial charge is 0.246 e. The van der Waals surface area contributed by atoms with Crippen LogP contribution in [-0.4, -0.2) is 61.7 Å². The number of carbonyl (C=O) groups is 1. The van der Waals surface area contributed by atoms with E-state index < -0.39 is 0 Å². The van der Waals surface area contributed by atoms with Crippen LogP contribution in [0.5, 0.6) is 0 Å². The molecule has 1 fully saturated rings. The van der Waals surface area contributed by atoms with Gasteiger partial charge in [0.15, 0.2) is 5.82 Å². The van der Waals surface area contributed by atoms with Crippen LogP contribution in [-0.2, 0) is 4.79 Å². The van der Waals surface area contributed by atoms with Gasteiger partial charge in [-0.15, -0.1) is 11.3 Å². The highest BCUT2D eigenvalue weighted by Crippen LogP contribution is 2.16. The number of hydrogen-bond acceptors (Lipinski definition) is 7. The molecule has 0 saturated carbocycles. The Morgan fingerprint density at radius 3 is 2.69 bits per heavy atom. The molecule has 26 heavy (non-hydrogen) atoms. The first-order valence-electron chi connectivity index (χ1n) is 8.22. The van der Waals surface area contributed by atoms with Gasteiger partial charge in [-0.3, -0.25) is 4.79 Å². The van der Waals surface area contributed by atoms with Gasteiger partial charge in [0.2, 0.25) is 5.91 Å². The average molecular weight is 367 g/mol. The van der Waals surface area contributed by atoms with Gasteiger partial charge in [-0.2, -0.15) is 5.10 Å². The molecule has 0 aromatic carbocycles. The lowest BCUT2D eigenvalue weighted by Gasteiger charge is -2.34. The molecule has 0 N–H and O–H groups in total. The summed E-state index contributed by atoms with van der Waals surface area (Å²) in [6, 6.07) is 5.85. The maximum atomic E-state index is 12.3. The molecule has 132 valence electrons. The number of aromatic nitrogens is 5. The van der Waals surface area contributed by atoms with Gasteiger partial charge in [-0.25, -0.2) is 19.6 Å². The molecule has 9 heteroatoms. The summed E-state index contributed by atoms with van der Waals surface area (Å²) in [5, 5.41) is 6.08. The maximum absolute atomic E-state index is 12.3. The lowest BCUT2D eigenvalue weighted by molar-refractivity contribution is -0.126. The minimum Gasteiger partial charge on any atom is -0.353 e. The molecule has 4 heterocycles. The number of thiophene rings is 1. The lowest BCUT2D eigenvalue weighted by Crippen LogP contribution is -2.48. The van der Waals surface area contributed by atoms with E-state index in [1.165, 1.54) is 12.7 Å². The zero-order valence-corrected chi connectivity index (χ0v) is 14.8. The van der Waals surface area contributed by atoms with E-state index in [9.17, 15) is 4.79 Å². The van der Waals surface area contributed by atoms with Gasteiger partial charge in [0.25, 0.3) is 0 Å². The second-order valence-corrected chi connectivity index (χ2v) is 6.71. The van der Waals surface area contributed by atoms with Crippen LogP contribution in [0.4, 0.5) is 5.82 Å². The topological polar surface area (TPSA) is 80.0 Å². The zero-order chi connectivity index (χ0) is 17.8. The normalized spacial score (nSPS) is 14.9. The van der Waals surface area contributed by atoms with E-state index in [1.807, 2.05) is 34.6 Å². The highest BCUT2D eigenvalue weighted by molar-refractivity contribution is 7.10. The third kappa shape index (κ3) is 3.62. The molecular weight excluding hydrogens is 350 g/mol. The molecule has 0 radical (unpaired) electrons. The highest BCUT2D eigenvalue weighted by Gasteiger charge is 2.21. The van der Waals surface area contributed by atoms with Crippen molar-refractivity contribution < 1.29 is 4.79 Å². The molecule has 0 unspecified atom stereocenters. The first kappa shape index (κ1) is 16.4. The first-order chi connectivity index (χ1) is 12.8. The Labute approximate surface area is 154 Å². The third-order valence-electron chi connectivity index (χ3n) is 4.14. The summed E-state index contributed by atoms with van der Waals surface area (Å²) in [4.78, 5) is 29.9. The van der Waals surface area contributed by atoms with Crippen molar-refractivity contribution in [2.24, 2.45) is 0 Å². The standard InChI is InChI=1S/C17H17N7OS/c25-17(4-3-14-2-1-9-26-14)23-7-5-22(6-8-23)15-10-16(20-12-19-15)24-13-18-11-21-24/h1-4,9-13H,5-8H2/b4-3+. The van der Waals surface area contributed by atoms with Crippen molar-refractivity contribution in [3.05, 3.63) is 53.5 Å². The molecule has 1 saturated heterocycles. The summed E-state index contributed by atoms with van der Waals surface area (Å²) in [5.41, 5.74) is 0. The van der Waals surface area contributed by atoms with E-state index in [4.69, 9.17) is 0 Å². The Morgan fingerprint density at radius 1 is 1.12 bits per heavy atom. The number of carbonyl (C=O) groups excluding carboxylic acids is 1. The average Bonchev–Trinajstić information content (AvgIpc) is 3.40. The third-order valence-corrected chi connectivity index (χ3v) is 4.98. The van der Waals surface area contributed by atoms with E-state index >= 15 is 0 Å². The SMILES string of the molecule is O=C(/C=C/c1cccs1)N1CCN(c2cc(-n3cncn3)ncn2)CC1. The lowest BCUT2D eigenvalue weighted by atomic mass is 10.3. The summed E-state index contributed by atoms with van der Waals surface area (Å²) in [7, 11) is 0. The van der Waals surface area contributed by atoms with Crippen molar-refractivity contribution in [3.63, 3.8) is 0 Å². The van der Waals surface area contributed by atoms with E-state index in [-0.39, 0.29) is 5.91 Å². The van der Waals surface area contributed by atoms with Crippen LogP contribution in [0.1, 0.15) is 4.88 Å². The van der Waals surface area contributed by atoms with Crippen molar-refractivity contribution in [3.8, 4) is 5.82 Å². The van der Waals surface area contributed by atoms with Crippen LogP contribution < -0.4 is 4.90 Å². The van der Waals surface area contributed by atoms with Gasteiger partial charge in [-0.05, 0) is 17.5 Å². The summed E-state index contributed by atoms with van der Waals surface area (Å²) < 4.78 is 1.60. The predicted octanol–water partition coefficient (Wildman–Crippen LogP) is 1.48. The summed E-state index contributed by atoms with van der Waals surface area (Å²) in [6.07, 6.45) is 8.11. The quantitative estimate of drug-likeness (QED) is 0.650. The van der Waals surface area contributed by atoms with E-state index in [0.717, 1.165) is 23.8 Å². The van der Waals surface area contributed by atoms with Gasteiger partial charge in [0, 0.05) is 43.2 Å². The second kappa shape index (κ2) is 7.44. The summed E-state index contributed by atoms with van der Waals surface area (Å²) in [5.74, 6) is 1.54. The molecule has 0 atom stereocenters. The molecule has 0 aliphatic carbocycles. The first-order valence-corrected chi connectivity index (χ1v) is 9.10. The fourth-order valence-electron chi connectivity index (χ4n) is 2.76. The van der Waals surface area contributed by atoms with Gasteiger partial charge in [0.05, 0.1) is 0 Å². The second-order valence-electron chi connectivity index (χ2n) is 5.74. The van der Waals surface area contributed by atoms with Gasteiger partial charge in [-0.1, -0.05) is 6.07 Å². The van der Waals surface area contributed by atoms with E-state index in [2.05, 4.69) is 25.0 Å². The molecule has 8 nitrogen and oxygen atoms in total. The fraction of sp³-hybridized carbons (Fsp3) is 0.235. The van der Waals surface area contributed by atoms with Crippen LogP contribution in [0.2, 0.25) is 0 Å². The number of nitrogens with zero attached hydrogens (tertiary/aromatic N) is 7. The molecule has 3 aromatic rings. The van der Waals surface area contributed by atoms with Crippen LogP contribution in [0.3, 0.4) is 0 Å². The Balaban J connectivity index is 1.38. The molecular formula is C17H17N7OS. The molecule has 3 aromatic heterocycles. The minimum atomic E-state index is 0.0454. The van der Waals surface area contributed by atoms with Gasteiger partial charge >= 0.3 is 0 Å². The van der Waals surface area contributed by atoms with Crippen LogP contribution in [0.15, 0.2) is 48.6 Å². The maximum Gasteiger partial charge on any atom is 0.246 e. The van der Waals surface area contributed by atoms with Crippen molar-refractivity contribution in [2.75, 3.05) is 31.1 Å². The number of rotatable bonds is 4. The number of anilines is 1. The monoisotopic (exact) mass is 367 g/mol. The minimum absolute atomic E-state index is 0.0454. The van der Waals surface area contributed by atoms with Crippen molar-refractivity contribution in [1.29, 1.82) is 0 Å². The fourth-order valence-corrected chi connectivity index (χ4v) is 3.38. The Kier molecular flexibility index (Phi) is 4.69. The Hall–Kier alpha value is -3.07. The van der Waals surface area contributed by atoms with Crippen LogP contribution in [0.25, 0.3) is 11.9 Å². The summed E-state index contributed by atoms with van der Waals surface area (Å²) in [6.45, 7) is 2.78. The molecule has 4 rings (SSSR count). The van der Waals surface area contributed by atoms with Crippen molar-refractivity contribution >= 4 is 29.1 Å². The van der Waals surface area contributed by atoms with E-state index in [1.54, 1.807) is 28.4 Å². The predicted molar refractivity (Wildman–Crippen MR) is 99.1 cm³/mol. The number of piperazine rings is 1. The Bertz CT molecular complexity index is 884. The number of amides is 1. The molecule has 1 aliphatic heterocycles. The van der Waals surface area contributed by atoms with Gasteiger partial charge < -0.3 is 9.80 Å². The van der Waals surface area contributed by atoms with Crippen LogP contribution >= 0.6 is 11.3 Å². The van der Waals surface area contributed by atoms with Crippen molar-refractivity contribution in [2.45, 2.75) is 0 Å². The Morgan fingerprint density at radius 2 is 1.96 bits per heavy atom. The van der Waals surface area contributed by atoms with Gasteiger partial charge in [0.1, 0.15) is 24.8 Å². The van der Waals surface area contributed by atoms with Crippen LogP contribution in [0, 0.1) is 0 Å². The molecule has 1 amide bonds. The largest absolute Gasteiger partial charge is 0.353 e.